The van der Waals surface area contributed by atoms with Crippen molar-refractivity contribution in [3.8, 4) is 11.3 Å². The molecule has 2 aromatic heterocycles. The van der Waals surface area contributed by atoms with Crippen molar-refractivity contribution in [2.45, 2.75) is 20.8 Å². The Balaban J connectivity index is 2.06. The number of nitrogens with zero attached hydrogens (tertiary/aromatic N) is 1. The van der Waals surface area contributed by atoms with Gasteiger partial charge in [-0.3, -0.25) is 0 Å². The molecule has 0 aliphatic heterocycles. The molecule has 0 aliphatic carbocycles. The second kappa shape index (κ2) is 4.22. The van der Waals surface area contributed by atoms with Crippen molar-refractivity contribution in [1.29, 1.82) is 0 Å². The van der Waals surface area contributed by atoms with Crippen molar-refractivity contribution in [3.63, 3.8) is 0 Å². The van der Waals surface area contributed by atoms with Crippen LogP contribution >= 0.6 is 0 Å². The number of imidazole rings is 1. The molecule has 3 nitrogen and oxygen atoms in total. The number of hydrogen-bond acceptors (Lipinski definition) is 1. The van der Waals surface area contributed by atoms with E-state index in [9.17, 15) is 0 Å². The maximum absolute atomic E-state index is 4.64. The first-order valence-electron chi connectivity index (χ1n) is 7.18. The van der Waals surface area contributed by atoms with Crippen molar-refractivity contribution >= 4 is 21.9 Å². The van der Waals surface area contributed by atoms with Crippen LogP contribution in [0.1, 0.15) is 17.0 Å². The summed E-state index contributed by atoms with van der Waals surface area (Å²) in [6, 6.07) is 12.8. The van der Waals surface area contributed by atoms with Gasteiger partial charge in [0.25, 0.3) is 0 Å². The minimum atomic E-state index is 0.946. The Hall–Kier alpha value is -2.55. The molecular formula is C18H17N3. The van der Waals surface area contributed by atoms with E-state index < -0.39 is 0 Å². The van der Waals surface area contributed by atoms with Crippen LogP contribution in [-0.2, 0) is 0 Å². The molecule has 4 rings (SSSR count). The minimum Gasteiger partial charge on any atom is -0.354 e. The molecule has 0 spiro atoms. The van der Waals surface area contributed by atoms with E-state index in [-0.39, 0.29) is 0 Å². The van der Waals surface area contributed by atoms with Crippen LogP contribution < -0.4 is 0 Å². The summed E-state index contributed by atoms with van der Waals surface area (Å²) in [6.07, 6.45) is 0. The highest BCUT2D eigenvalue weighted by molar-refractivity contribution is 5.98. The zero-order valence-electron chi connectivity index (χ0n) is 12.4. The summed E-state index contributed by atoms with van der Waals surface area (Å²) >= 11 is 0. The maximum Gasteiger partial charge on any atom is 0.104 e. The number of para-hydroxylation sites is 1. The van der Waals surface area contributed by atoms with E-state index in [1.165, 1.54) is 22.0 Å². The van der Waals surface area contributed by atoms with Gasteiger partial charge < -0.3 is 9.97 Å². The lowest BCUT2D eigenvalue weighted by Crippen LogP contribution is -1.83. The first-order chi connectivity index (χ1) is 10.1. The van der Waals surface area contributed by atoms with E-state index in [2.05, 4.69) is 65.2 Å². The number of fused-ring (bicyclic) bond motifs is 2. The van der Waals surface area contributed by atoms with Crippen LogP contribution in [0.25, 0.3) is 33.2 Å². The molecule has 0 aliphatic rings. The number of aryl methyl sites for hydroxylation is 3. The van der Waals surface area contributed by atoms with Crippen LogP contribution in [0, 0.1) is 20.8 Å². The van der Waals surface area contributed by atoms with Crippen LogP contribution in [0.3, 0.4) is 0 Å². The number of aromatic nitrogens is 3. The quantitative estimate of drug-likeness (QED) is 0.522. The predicted octanol–water partition coefficient (Wildman–Crippen LogP) is 4.64. The molecule has 0 saturated carbocycles. The third-order valence-corrected chi connectivity index (χ3v) is 4.11. The van der Waals surface area contributed by atoms with Crippen molar-refractivity contribution < 1.29 is 0 Å². The molecule has 0 unspecified atom stereocenters. The zero-order chi connectivity index (χ0) is 14.6. The second-order valence-corrected chi connectivity index (χ2v) is 5.70. The Morgan fingerprint density at radius 2 is 1.76 bits per heavy atom. The highest BCUT2D eigenvalue weighted by Gasteiger charge is 2.13. The average Bonchev–Trinajstić information content (AvgIpc) is 2.98. The molecule has 4 aromatic rings. The molecule has 2 N–H and O–H groups in total. The number of H-pyrrole nitrogens is 2. The SMILES string of the molecule is Cc1ccc2c(C)c(-c3cccc4[nH]c(C)nc34)[nH]c2c1. The van der Waals surface area contributed by atoms with Gasteiger partial charge in [0, 0.05) is 16.5 Å². The van der Waals surface area contributed by atoms with Gasteiger partial charge in [0.05, 0.1) is 16.7 Å². The van der Waals surface area contributed by atoms with Gasteiger partial charge >= 0.3 is 0 Å². The number of rotatable bonds is 1. The summed E-state index contributed by atoms with van der Waals surface area (Å²) in [5, 5.41) is 1.28. The van der Waals surface area contributed by atoms with Crippen molar-refractivity contribution in [2.24, 2.45) is 0 Å². The van der Waals surface area contributed by atoms with E-state index in [4.69, 9.17) is 0 Å². The highest BCUT2D eigenvalue weighted by atomic mass is 14.9. The molecule has 0 bridgehead atoms. The molecule has 2 aromatic carbocycles. The predicted molar refractivity (Wildman–Crippen MR) is 87.6 cm³/mol. The average molecular weight is 275 g/mol. The molecule has 0 saturated heterocycles. The lowest BCUT2D eigenvalue weighted by atomic mass is 10.0. The third-order valence-electron chi connectivity index (χ3n) is 4.11. The Labute approximate surface area is 123 Å². The number of hydrogen-bond donors (Lipinski definition) is 2. The molecule has 0 amide bonds. The van der Waals surface area contributed by atoms with Gasteiger partial charge in [-0.1, -0.05) is 24.3 Å². The van der Waals surface area contributed by atoms with Crippen LogP contribution in [0.5, 0.6) is 0 Å². The number of aromatic amines is 2. The van der Waals surface area contributed by atoms with Crippen molar-refractivity contribution in [3.05, 3.63) is 53.3 Å². The van der Waals surface area contributed by atoms with E-state index in [1.807, 2.05) is 6.92 Å². The van der Waals surface area contributed by atoms with Gasteiger partial charge in [0.1, 0.15) is 5.82 Å². The van der Waals surface area contributed by atoms with E-state index in [1.54, 1.807) is 0 Å². The van der Waals surface area contributed by atoms with Gasteiger partial charge in [-0.15, -0.1) is 0 Å². The summed E-state index contributed by atoms with van der Waals surface area (Å²) in [4.78, 5) is 11.5. The van der Waals surface area contributed by atoms with Crippen LogP contribution in [-0.4, -0.2) is 15.0 Å². The van der Waals surface area contributed by atoms with Gasteiger partial charge in [-0.25, -0.2) is 4.98 Å². The molecule has 0 fully saturated rings. The molecule has 0 atom stereocenters. The molecule has 2 heterocycles. The summed E-state index contributed by atoms with van der Waals surface area (Å²) in [6.45, 7) is 6.28. The molecule has 21 heavy (non-hydrogen) atoms. The van der Waals surface area contributed by atoms with Crippen molar-refractivity contribution in [1.82, 2.24) is 15.0 Å². The molecular weight excluding hydrogens is 258 g/mol. The Morgan fingerprint density at radius 3 is 2.62 bits per heavy atom. The zero-order valence-corrected chi connectivity index (χ0v) is 12.4. The summed E-state index contributed by atoms with van der Waals surface area (Å²) in [7, 11) is 0. The Kier molecular flexibility index (Phi) is 2.45. The van der Waals surface area contributed by atoms with Crippen LogP contribution in [0.4, 0.5) is 0 Å². The van der Waals surface area contributed by atoms with Gasteiger partial charge in [0.2, 0.25) is 0 Å². The lowest BCUT2D eigenvalue weighted by Gasteiger charge is -2.01. The summed E-state index contributed by atoms with van der Waals surface area (Å²) < 4.78 is 0. The second-order valence-electron chi connectivity index (χ2n) is 5.70. The fourth-order valence-electron chi connectivity index (χ4n) is 3.08. The van der Waals surface area contributed by atoms with E-state index in [0.29, 0.717) is 0 Å². The molecule has 104 valence electrons. The lowest BCUT2D eigenvalue weighted by molar-refractivity contribution is 1.17. The number of nitrogens with one attached hydrogen (secondary N) is 2. The topological polar surface area (TPSA) is 44.5 Å². The molecule has 3 heteroatoms. The molecule has 0 radical (unpaired) electrons. The fraction of sp³-hybridized carbons (Fsp3) is 0.167. The Bertz CT molecular complexity index is 973. The largest absolute Gasteiger partial charge is 0.354 e. The third kappa shape index (κ3) is 1.77. The van der Waals surface area contributed by atoms with Crippen molar-refractivity contribution in [2.75, 3.05) is 0 Å². The summed E-state index contributed by atoms with van der Waals surface area (Å²) in [5.74, 6) is 0.946. The van der Waals surface area contributed by atoms with Gasteiger partial charge in [0.15, 0.2) is 0 Å². The maximum atomic E-state index is 4.64. The standard InChI is InChI=1S/C18H17N3/c1-10-7-8-13-11(2)17(21-16(13)9-10)14-5-4-6-15-18(14)20-12(3)19-15/h4-9,21H,1-3H3,(H,19,20). The fourth-order valence-corrected chi connectivity index (χ4v) is 3.08. The van der Waals surface area contributed by atoms with Gasteiger partial charge in [-0.2, -0.15) is 0 Å². The number of benzene rings is 2. The van der Waals surface area contributed by atoms with E-state index >= 15 is 0 Å². The minimum absolute atomic E-state index is 0.946. The smallest absolute Gasteiger partial charge is 0.104 e. The highest BCUT2D eigenvalue weighted by Crippen LogP contribution is 2.33. The monoisotopic (exact) mass is 275 g/mol. The van der Waals surface area contributed by atoms with Gasteiger partial charge in [-0.05, 0) is 44.0 Å². The van der Waals surface area contributed by atoms with Crippen LogP contribution in [0.2, 0.25) is 0 Å². The van der Waals surface area contributed by atoms with E-state index in [0.717, 1.165) is 28.1 Å². The normalized spacial score (nSPS) is 11.6. The first-order valence-corrected chi connectivity index (χ1v) is 7.18. The van der Waals surface area contributed by atoms with Crippen LogP contribution in [0.15, 0.2) is 36.4 Å². The summed E-state index contributed by atoms with van der Waals surface area (Å²) in [5.41, 5.74) is 8.16. The Morgan fingerprint density at radius 1 is 0.905 bits per heavy atom. The first kappa shape index (κ1) is 12.2.